The normalized spacial score (nSPS) is 11.0. The van der Waals surface area contributed by atoms with Gasteiger partial charge in [0, 0.05) is 28.8 Å². The molecular weight excluding hydrogens is 542 g/mol. The van der Waals surface area contributed by atoms with Crippen molar-refractivity contribution in [1.29, 1.82) is 5.26 Å². The molecule has 12 heteroatoms. The van der Waals surface area contributed by atoms with Crippen LogP contribution in [0.3, 0.4) is 0 Å². The van der Waals surface area contributed by atoms with Gasteiger partial charge in [-0.15, -0.1) is 0 Å². The highest BCUT2D eigenvalue weighted by atomic mass is 16.6. The molecule has 42 heavy (non-hydrogen) atoms. The largest absolute Gasteiger partial charge is 0.494 e. The maximum Gasteiger partial charge on any atom is 0.318 e. The van der Waals surface area contributed by atoms with Crippen LogP contribution in [0.15, 0.2) is 78.4 Å². The van der Waals surface area contributed by atoms with E-state index in [4.69, 9.17) is 9.47 Å². The molecule has 0 saturated carbocycles. The smallest absolute Gasteiger partial charge is 0.318 e. The molecule has 1 N–H and O–H groups in total. The minimum absolute atomic E-state index is 0.0717. The Kier molecular flexibility index (Phi) is 8.63. The van der Waals surface area contributed by atoms with E-state index in [-0.39, 0.29) is 17.1 Å². The lowest BCUT2D eigenvalue weighted by molar-refractivity contribution is -0.394. The summed E-state index contributed by atoms with van der Waals surface area (Å²) in [4.78, 5) is 33.7. The van der Waals surface area contributed by atoms with Crippen molar-refractivity contribution < 1.29 is 24.1 Å². The first-order valence-electron chi connectivity index (χ1n) is 12.7. The second-order valence-electron chi connectivity index (χ2n) is 9.01. The molecule has 0 aliphatic carbocycles. The number of nitrogens with zero attached hydrogens (tertiary/aromatic N) is 4. The third kappa shape index (κ3) is 6.43. The Morgan fingerprint density at radius 2 is 1.64 bits per heavy atom. The standard InChI is InChI=1S/C30H25N5O7/c1-4-41-26-10-5-23(6-11-26)32-30(36)22(18-31)16-21-15-19(2)33(20(21)3)24-7-12-27(13-8-24)42-29-14-9-25(34(37)38)17-28(29)35(39)40/h5-17H,4H2,1-3H3,(H,32,36)/b22-16-. The van der Waals surface area contributed by atoms with Crippen molar-refractivity contribution in [3.05, 3.63) is 116 Å². The maximum absolute atomic E-state index is 12.8. The molecule has 0 atom stereocenters. The number of nitrogens with one attached hydrogen (secondary N) is 1. The van der Waals surface area contributed by atoms with Gasteiger partial charge in [0.15, 0.2) is 0 Å². The Bertz CT molecular complexity index is 1730. The summed E-state index contributed by atoms with van der Waals surface area (Å²) < 4.78 is 13.0. The molecule has 1 aromatic heterocycles. The number of ether oxygens (including phenoxy) is 2. The molecule has 1 heterocycles. The average molecular weight is 568 g/mol. The number of carbonyl (C=O) groups excluding carboxylic acids is 1. The number of aromatic nitrogens is 1. The van der Waals surface area contributed by atoms with E-state index in [0.29, 0.717) is 23.6 Å². The second-order valence-corrected chi connectivity index (χ2v) is 9.01. The number of benzene rings is 3. The van der Waals surface area contributed by atoms with Crippen LogP contribution in [0.5, 0.6) is 17.2 Å². The van der Waals surface area contributed by atoms with Gasteiger partial charge in [-0.1, -0.05) is 0 Å². The fourth-order valence-corrected chi connectivity index (χ4v) is 4.27. The van der Waals surface area contributed by atoms with E-state index in [1.807, 2.05) is 37.5 Å². The van der Waals surface area contributed by atoms with E-state index in [2.05, 4.69) is 5.32 Å². The second kappa shape index (κ2) is 12.5. The third-order valence-corrected chi connectivity index (χ3v) is 6.23. The molecule has 1 amide bonds. The summed E-state index contributed by atoms with van der Waals surface area (Å²) in [6.45, 7) is 6.13. The number of nitriles is 1. The number of nitro groups is 2. The molecule has 4 aromatic rings. The minimum Gasteiger partial charge on any atom is -0.494 e. The molecule has 0 radical (unpaired) electrons. The number of hydrogen-bond donors (Lipinski definition) is 1. The van der Waals surface area contributed by atoms with Crippen LogP contribution < -0.4 is 14.8 Å². The van der Waals surface area contributed by atoms with Crippen LogP contribution >= 0.6 is 0 Å². The molecule has 0 aliphatic heterocycles. The zero-order valence-corrected chi connectivity index (χ0v) is 22.9. The summed E-state index contributed by atoms with van der Waals surface area (Å²) in [6.07, 6.45) is 1.52. The minimum atomic E-state index is -0.744. The van der Waals surface area contributed by atoms with Gasteiger partial charge in [-0.05, 0) is 93.1 Å². The third-order valence-electron chi connectivity index (χ3n) is 6.23. The summed E-state index contributed by atoms with van der Waals surface area (Å²) in [5, 5.41) is 34.8. The van der Waals surface area contributed by atoms with Crippen LogP contribution in [0.1, 0.15) is 23.9 Å². The summed E-state index contributed by atoms with van der Waals surface area (Å²) in [5.41, 5.74) is 2.54. The van der Waals surface area contributed by atoms with Gasteiger partial charge in [0.2, 0.25) is 5.75 Å². The first kappa shape index (κ1) is 29.0. The van der Waals surface area contributed by atoms with Crippen molar-refractivity contribution >= 4 is 29.0 Å². The molecule has 212 valence electrons. The first-order valence-corrected chi connectivity index (χ1v) is 12.7. The Morgan fingerprint density at radius 3 is 2.24 bits per heavy atom. The van der Waals surface area contributed by atoms with Crippen LogP contribution in [0.25, 0.3) is 11.8 Å². The van der Waals surface area contributed by atoms with Crippen molar-refractivity contribution in [2.24, 2.45) is 0 Å². The SMILES string of the molecule is CCOc1ccc(NC(=O)/C(C#N)=C\c2cc(C)n(-c3ccc(Oc4ccc([N+](=O)[O-])cc4[N+](=O)[O-])cc3)c2C)cc1. The molecule has 4 rings (SSSR count). The highest BCUT2D eigenvalue weighted by molar-refractivity contribution is 6.09. The van der Waals surface area contributed by atoms with Gasteiger partial charge in [-0.3, -0.25) is 25.0 Å². The van der Waals surface area contributed by atoms with Crippen LogP contribution in [0, 0.1) is 45.4 Å². The van der Waals surface area contributed by atoms with Gasteiger partial charge in [0.25, 0.3) is 11.6 Å². The van der Waals surface area contributed by atoms with E-state index < -0.39 is 27.1 Å². The Balaban J connectivity index is 1.54. The first-order chi connectivity index (χ1) is 20.1. The van der Waals surface area contributed by atoms with Crippen LogP contribution in [-0.2, 0) is 4.79 Å². The number of hydrogen-bond acceptors (Lipinski definition) is 8. The summed E-state index contributed by atoms with van der Waals surface area (Å²) in [5.74, 6) is 0.280. The Hall–Kier alpha value is -5.96. The molecule has 0 unspecified atom stereocenters. The summed E-state index contributed by atoms with van der Waals surface area (Å²) in [7, 11) is 0. The molecule has 12 nitrogen and oxygen atoms in total. The van der Waals surface area contributed by atoms with E-state index >= 15 is 0 Å². The zero-order chi connectivity index (χ0) is 30.4. The predicted molar refractivity (Wildman–Crippen MR) is 155 cm³/mol. The predicted octanol–water partition coefficient (Wildman–Crippen LogP) is 6.65. The molecule has 3 aromatic carbocycles. The van der Waals surface area contributed by atoms with Gasteiger partial charge >= 0.3 is 5.69 Å². The quantitative estimate of drug-likeness (QED) is 0.0964. The van der Waals surface area contributed by atoms with Gasteiger partial charge in [0.1, 0.15) is 23.1 Å². The number of amides is 1. The molecule has 0 bridgehead atoms. The van der Waals surface area contributed by atoms with Crippen LogP contribution in [-0.4, -0.2) is 26.9 Å². The number of rotatable bonds is 10. The maximum atomic E-state index is 12.8. The lowest BCUT2D eigenvalue weighted by Crippen LogP contribution is -2.13. The highest BCUT2D eigenvalue weighted by Gasteiger charge is 2.21. The van der Waals surface area contributed by atoms with Gasteiger partial charge in [-0.2, -0.15) is 5.26 Å². The van der Waals surface area contributed by atoms with Gasteiger partial charge < -0.3 is 19.4 Å². The number of non-ortho nitro benzene ring substituents is 1. The highest BCUT2D eigenvalue weighted by Crippen LogP contribution is 2.35. The van der Waals surface area contributed by atoms with Crippen molar-refractivity contribution in [2.75, 3.05) is 11.9 Å². The van der Waals surface area contributed by atoms with E-state index in [9.17, 15) is 30.3 Å². The molecule has 0 fully saturated rings. The Morgan fingerprint density at radius 1 is 0.976 bits per heavy atom. The fourth-order valence-electron chi connectivity index (χ4n) is 4.27. The number of anilines is 1. The fraction of sp³-hybridized carbons (Fsp3) is 0.133. The van der Waals surface area contributed by atoms with Crippen molar-refractivity contribution in [3.63, 3.8) is 0 Å². The van der Waals surface area contributed by atoms with Crippen LogP contribution in [0.2, 0.25) is 0 Å². The number of carbonyl (C=O) groups is 1. The average Bonchev–Trinajstić information content (AvgIpc) is 3.25. The molecular formula is C30H25N5O7. The number of nitro benzene ring substituents is 2. The summed E-state index contributed by atoms with van der Waals surface area (Å²) in [6, 6.07) is 20.5. The Labute approximate surface area is 240 Å². The van der Waals surface area contributed by atoms with Gasteiger partial charge in [0.05, 0.1) is 22.5 Å². The molecule has 0 aliphatic rings. The lowest BCUT2D eigenvalue weighted by atomic mass is 10.1. The van der Waals surface area contributed by atoms with Crippen molar-refractivity contribution in [1.82, 2.24) is 4.57 Å². The van der Waals surface area contributed by atoms with E-state index in [0.717, 1.165) is 29.2 Å². The lowest BCUT2D eigenvalue weighted by Gasteiger charge is -2.11. The molecule has 0 saturated heterocycles. The van der Waals surface area contributed by atoms with E-state index in [1.54, 1.807) is 48.5 Å². The van der Waals surface area contributed by atoms with Crippen molar-refractivity contribution in [3.8, 4) is 29.0 Å². The topological polar surface area (TPSA) is 163 Å². The molecule has 0 spiro atoms. The van der Waals surface area contributed by atoms with Gasteiger partial charge in [-0.25, -0.2) is 0 Å². The number of aryl methyl sites for hydroxylation is 1. The summed E-state index contributed by atoms with van der Waals surface area (Å²) >= 11 is 0. The monoisotopic (exact) mass is 567 g/mol. The van der Waals surface area contributed by atoms with Crippen LogP contribution in [0.4, 0.5) is 17.1 Å². The van der Waals surface area contributed by atoms with Crippen molar-refractivity contribution in [2.45, 2.75) is 20.8 Å². The van der Waals surface area contributed by atoms with E-state index in [1.165, 1.54) is 12.1 Å². The zero-order valence-electron chi connectivity index (χ0n) is 22.9.